The van der Waals surface area contributed by atoms with Gasteiger partial charge in [-0.05, 0) is 26.0 Å². The number of nitrogens with two attached hydrogens (primary N) is 1. The van der Waals surface area contributed by atoms with E-state index in [0.29, 0.717) is 43.0 Å². The lowest BCUT2D eigenvalue weighted by atomic mass is 10.2. The van der Waals surface area contributed by atoms with Gasteiger partial charge in [0.15, 0.2) is 11.5 Å². The van der Waals surface area contributed by atoms with Gasteiger partial charge in [-0.2, -0.15) is 0 Å². The second-order valence-corrected chi connectivity index (χ2v) is 4.96. The molecule has 1 atom stereocenters. The first-order chi connectivity index (χ1) is 9.16. The van der Waals surface area contributed by atoms with E-state index in [2.05, 4.69) is 19.2 Å². The van der Waals surface area contributed by atoms with E-state index in [9.17, 15) is 5.11 Å². The van der Waals surface area contributed by atoms with Crippen molar-refractivity contribution in [2.45, 2.75) is 26.0 Å². The molecular formula is C14H22NO4+. The Hall–Kier alpha value is -1.46. The van der Waals surface area contributed by atoms with Crippen molar-refractivity contribution >= 4 is 0 Å². The summed E-state index contributed by atoms with van der Waals surface area (Å²) < 4.78 is 16.6. The first-order valence-electron chi connectivity index (χ1n) is 6.69. The topological polar surface area (TPSA) is 64.5 Å². The molecule has 0 saturated heterocycles. The molecule has 0 spiro atoms. The van der Waals surface area contributed by atoms with Crippen LogP contribution >= 0.6 is 0 Å². The van der Waals surface area contributed by atoms with Crippen molar-refractivity contribution in [3.8, 4) is 17.2 Å². The second-order valence-electron chi connectivity index (χ2n) is 4.96. The quantitative estimate of drug-likeness (QED) is 0.772. The predicted molar refractivity (Wildman–Crippen MR) is 70.9 cm³/mol. The molecule has 5 heteroatoms. The van der Waals surface area contributed by atoms with Crippen LogP contribution in [0.15, 0.2) is 18.2 Å². The molecule has 19 heavy (non-hydrogen) atoms. The number of hydrogen-bond donors (Lipinski definition) is 2. The smallest absolute Gasteiger partial charge is 0.203 e. The van der Waals surface area contributed by atoms with Crippen molar-refractivity contribution < 1.29 is 24.6 Å². The van der Waals surface area contributed by atoms with Gasteiger partial charge in [0.05, 0.1) is 6.04 Å². The van der Waals surface area contributed by atoms with E-state index in [-0.39, 0.29) is 6.61 Å². The van der Waals surface area contributed by atoms with Crippen LogP contribution in [0.25, 0.3) is 0 Å². The zero-order valence-electron chi connectivity index (χ0n) is 11.5. The third-order valence-corrected chi connectivity index (χ3v) is 2.84. The maximum atomic E-state index is 9.84. The minimum absolute atomic E-state index is 0.253. The van der Waals surface area contributed by atoms with Gasteiger partial charge in [0.1, 0.15) is 32.5 Å². The zero-order chi connectivity index (χ0) is 13.7. The molecule has 1 aromatic carbocycles. The van der Waals surface area contributed by atoms with Crippen LogP contribution < -0.4 is 19.5 Å². The fourth-order valence-corrected chi connectivity index (χ4v) is 1.84. The van der Waals surface area contributed by atoms with Crippen molar-refractivity contribution in [3.05, 3.63) is 18.2 Å². The second kappa shape index (κ2) is 6.63. The van der Waals surface area contributed by atoms with E-state index in [4.69, 9.17) is 14.2 Å². The van der Waals surface area contributed by atoms with Gasteiger partial charge in [-0.15, -0.1) is 0 Å². The van der Waals surface area contributed by atoms with Crippen molar-refractivity contribution in [1.29, 1.82) is 0 Å². The third-order valence-electron chi connectivity index (χ3n) is 2.84. The lowest BCUT2D eigenvalue weighted by Gasteiger charge is -2.21. The Labute approximate surface area is 113 Å². The van der Waals surface area contributed by atoms with Gasteiger partial charge in [-0.1, -0.05) is 6.07 Å². The van der Waals surface area contributed by atoms with Gasteiger partial charge in [-0.25, -0.2) is 0 Å². The molecule has 0 aliphatic carbocycles. The molecule has 1 aliphatic heterocycles. The molecule has 0 fully saturated rings. The van der Waals surface area contributed by atoms with Crippen LogP contribution in [0.2, 0.25) is 0 Å². The first-order valence-corrected chi connectivity index (χ1v) is 6.69. The highest BCUT2D eigenvalue weighted by molar-refractivity contribution is 5.51. The number of aliphatic hydroxyl groups is 1. The van der Waals surface area contributed by atoms with Crippen LogP contribution in [0.4, 0.5) is 0 Å². The Bertz CT molecular complexity index is 408. The lowest BCUT2D eigenvalue weighted by molar-refractivity contribution is -0.688. The molecule has 0 unspecified atom stereocenters. The SMILES string of the molecule is CC(C)[NH2+]C[C@H](O)COc1cccc2c1OCCO2. The van der Waals surface area contributed by atoms with Gasteiger partial charge in [-0.3, -0.25) is 0 Å². The molecule has 106 valence electrons. The minimum atomic E-state index is -0.497. The highest BCUT2D eigenvalue weighted by Crippen LogP contribution is 2.38. The molecule has 1 aromatic rings. The number of quaternary nitrogens is 1. The maximum Gasteiger partial charge on any atom is 0.203 e. The zero-order valence-corrected chi connectivity index (χ0v) is 11.5. The molecule has 0 radical (unpaired) electrons. The summed E-state index contributed by atoms with van der Waals surface area (Å²) in [6.07, 6.45) is -0.497. The Morgan fingerprint density at radius 2 is 2.11 bits per heavy atom. The summed E-state index contributed by atoms with van der Waals surface area (Å²) in [5, 5.41) is 11.9. The highest BCUT2D eigenvalue weighted by Gasteiger charge is 2.18. The summed E-state index contributed by atoms with van der Waals surface area (Å²) in [7, 11) is 0. The van der Waals surface area contributed by atoms with E-state index in [1.54, 1.807) is 0 Å². The summed E-state index contributed by atoms with van der Waals surface area (Å²) >= 11 is 0. The number of fused-ring (bicyclic) bond motifs is 1. The third kappa shape index (κ3) is 4.01. The average molecular weight is 268 g/mol. The largest absolute Gasteiger partial charge is 0.487 e. The van der Waals surface area contributed by atoms with E-state index in [0.717, 1.165) is 0 Å². The van der Waals surface area contributed by atoms with Gasteiger partial charge in [0.2, 0.25) is 5.75 Å². The summed E-state index contributed by atoms with van der Waals surface area (Å²) in [6.45, 7) is 6.14. The molecule has 3 N–H and O–H groups in total. The molecule has 1 aliphatic rings. The summed E-state index contributed by atoms with van der Waals surface area (Å²) in [6, 6.07) is 6.00. The average Bonchev–Trinajstić information content (AvgIpc) is 2.42. The molecule has 0 aromatic heterocycles. The van der Waals surface area contributed by atoms with Crippen LogP contribution in [-0.4, -0.2) is 43.6 Å². The Balaban J connectivity index is 1.89. The first kappa shape index (κ1) is 14.0. The number of ether oxygens (including phenoxy) is 3. The summed E-state index contributed by atoms with van der Waals surface area (Å²) in [5.74, 6) is 1.96. The lowest BCUT2D eigenvalue weighted by Crippen LogP contribution is -2.90. The van der Waals surface area contributed by atoms with Gasteiger partial charge < -0.3 is 24.6 Å². The normalized spacial score (nSPS) is 15.4. The van der Waals surface area contributed by atoms with Crippen molar-refractivity contribution in [3.63, 3.8) is 0 Å². The van der Waals surface area contributed by atoms with Crippen molar-refractivity contribution in [2.75, 3.05) is 26.4 Å². The Kier molecular flexibility index (Phi) is 4.87. The molecule has 2 rings (SSSR count). The Morgan fingerprint density at radius 3 is 2.89 bits per heavy atom. The minimum Gasteiger partial charge on any atom is -0.487 e. The molecule has 5 nitrogen and oxygen atoms in total. The van der Waals surface area contributed by atoms with E-state index in [1.165, 1.54) is 0 Å². The van der Waals surface area contributed by atoms with E-state index < -0.39 is 6.10 Å². The van der Waals surface area contributed by atoms with Crippen LogP contribution in [0.1, 0.15) is 13.8 Å². The number of benzene rings is 1. The highest BCUT2D eigenvalue weighted by atomic mass is 16.6. The molecular weight excluding hydrogens is 246 g/mol. The van der Waals surface area contributed by atoms with Crippen molar-refractivity contribution in [2.24, 2.45) is 0 Å². The number of para-hydroxylation sites is 1. The number of aliphatic hydroxyl groups excluding tert-OH is 1. The molecule has 0 saturated carbocycles. The predicted octanol–water partition coefficient (Wildman–Crippen LogP) is 0.169. The maximum absolute atomic E-state index is 9.84. The van der Waals surface area contributed by atoms with Crippen molar-refractivity contribution in [1.82, 2.24) is 0 Å². The standard InChI is InChI=1S/C14H21NO4/c1-10(2)15-8-11(16)9-19-13-5-3-4-12-14(13)18-7-6-17-12/h3-5,10-11,15-16H,6-9H2,1-2H3/p+1/t11-/m0/s1. The number of hydrogen-bond acceptors (Lipinski definition) is 4. The summed E-state index contributed by atoms with van der Waals surface area (Å²) in [5.41, 5.74) is 0. The summed E-state index contributed by atoms with van der Waals surface area (Å²) in [4.78, 5) is 0. The number of rotatable bonds is 6. The van der Waals surface area contributed by atoms with Crippen LogP contribution in [0, 0.1) is 0 Å². The molecule has 1 heterocycles. The Morgan fingerprint density at radius 1 is 1.32 bits per heavy atom. The monoisotopic (exact) mass is 268 g/mol. The van der Waals surface area contributed by atoms with E-state index >= 15 is 0 Å². The van der Waals surface area contributed by atoms with Gasteiger partial charge in [0, 0.05) is 0 Å². The molecule has 0 amide bonds. The van der Waals surface area contributed by atoms with E-state index in [1.807, 2.05) is 18.2 Å². The fraction of sp³-hybridized carbons (Fsp3) is 0.571. The fourth-order valence-electron chi connectivity index (χ4n) is 1.84. The van der Waals surface area contributed by atoms with Crippen LogP contribution in [0.3, 0.4) is 0 Å². The van der Waals surface area contributed by atoms with Gasteiger partial charge in [0.25, 0.3) is 0 Å². The molecule has 0 bridgehead atoms. The van der Waals surface area contributed by atoms with Crippen LogP contribution in [-0.2, 0) is 0 Å². The van der Waals surface area contributed by atoms with Crippen LogP contribution in [0.5, 0.6) is 17.2 Å². The van der Waals surface area contributed by atoms with Gasteiger partial charge >= 0.3 is 0 Å².